The van der Waals surface area contributed by atoms with Gasteiger partial charge in [0, 0.05) is 27.6 Å². The zero-order valence-electron chi connectivity index (χ0n) is 17.7. The molecule has 0 saturated carbocycles. The van der Waals surface area contributed by atoms with E-state index in [1.54, 1.807) is 12.5 Å². The molecule has 1 amide bonds. The van der Waals surface area contributed by atoms with Gasteiger partial charge in [0.25, 0.3) is 0 Å². The zero-order chi connectivity index (χ0) is 23.0. The molecule has 0 fully saturated rings. The molecule has 0 saturated heterocycles. The second-order valence-electron chi connectivity index (χ2n) is 7.68. The van der Waals surface area contributed by atoms with E-state index in [2.05, 4.69) is 5.32 Å². The number of ether oxygens (including phenoxy) is 2. The molecule has 0 spiro atoms. The Bertz CT molecular complexity index is 1270. The number of halogens is 1. The predicted octanol–water partition coefficient (Wildman–Crippen LogP) is 5.50. The van der Waals surface area contributed by atoms with E-state index in [0.29, 0.717) is 22.2 Å². The first kappa shape index (κ1) is 22.6. The molecule has 0 radical (unpaired) electrons. The van der Waals surface area contributed by atoms with Crippen LogP contribution in [0.2, 0.25) is 5.02 Å². The maximum Gasteiger partial charge on any atom is 0.225 e. The Morgan fingerprint density at radius 2 is 1.84 bits per heavy atom. The van der Waals surface area contributed by atoms with Crippen molar-refractivity contribution in [1.29, 1.82) is 0 Å². The minimum Gasteiger partial charge on any atom is -0.493 e. The van der Waals surface area contributed by atoms with Crippen LogP contribution in [0.25, 0.3) is 0 Å². The number of hydrogen-bond donors (Lipinski definition) is 1. The predicted molar refractivity (Wildman–Crippen MR) is 125 cm³/mol. The monoisotopic (exact) mass is 491 g/mol. The zero-order valence-corrected chi connectivity index (χ0v) is 20.1. The minimum atomic E-state index is -3.82. The van der Waals surface area contributed by atoms with Crippen molar-refractivity contribution in [3.05, 3.63) is 63.3 Å². The van der Waals surface area contributed by atoms with Crippen molar-refractivity contribution in [2.24, 2.45) is 0 Å². The van der Waals surface area contributed by atoms with Crippen molar-refractivity contribution in [2.75, 3.05) is 12.4 Å². The van der Waals surface area contributed by atoms with Gasteiger partial charge in [0.05, 0.1) is 23.8 Å². The van der Waals surface area contributed by atoms with Crippen LogP contribution >= 0.6 is 22.9 Å². The molecule has 1 atom stereocenters. The largest absolute Gasteiger partial charge is 0.493 e. The number of sulfone groups is 1. The Labute approximate surface area is 196 Å². The third-order valence-corrected chi connectivity index (χ3v) is 8.41. The van der Waals surface area contributed by atoms with Crippen molar-refractivity contribution in [1.82, 2.24) is 0 Å². The number of benzene rings is 2. The van der Waals surface area contributed by atoms with Gasteiger partial charge in [0.2, 0.25) is 15.7 Å². The van der Waals surface area contributed by atoms with Gasteiger partial charge in [-0.2, -0.15) is 0 Å². The van der Waals surface area contributed by atoms with E-state index in [0.717, 1.165) is 10.4 Å². The van der Waals surface area contributed by atoms with Gasteiger partial charge >= 0.3 is 0 Å². The molecule has 168 valence electrons. The first-order valence-corrected chi connectivity index (χ1v) is 12.7. The number of fused-ring (bicyclic) bond motifs is 1. The van der Waals surface area contributed by atoms with Crippen LogP contribution in [-0.4, -0.2) is 27.5 Å². The molecular weight excluding hydrogens is 470 g/mol. The molecule has 6 nitrogen and oxygen atoms in total. The summed E-state index contributed by atoms with van der Waals surface area (Å²) in [5, 5.41) is 4.80. The molecule has 2 aromatic carbocycles. The molecule has 0 bridgehead atoms. The molecule has 0 aliphatic carbocycles. The number of hydrogen-bond acceptors (Lipinski definition) is 6. The van der Waals surface area contributed by atoms with E-state index in [9.17, 15) is 13.2 Å². The lowest BCUT2D eigenvalue weighted by Gasteiger charge is -2.24. The van der Waals surface area contributed by atoms with Crippen LogP contribution in [0.5, 0.6) is 11.5 Å². The SMILES string of the molecule is COc1cc(C2CC(=O)Nc3c(S(=O)(=O)c4ccc(Cl)cc4)csc32)ccc1OC(C)C. The quantitative estimate of drug-likeness (QED) is 0.492. The van der Waals surface area contributed by atoms with Crippen LogP contribution in [0.3, 0.4) is 0 Å². The second kappa shape index (κ2) is 8.77. The Morgan fingerprint density at radius 1 is 1.12 bits per heavy atom. The van der Waals surface area contributed by atoms with Crippen LogP contribution in [0.4, 0.5) is 5.69 Å². The normalized spacial score (nSPS) is 15.9. The van der Waals surface area contributed by atoms with E-state index in [1.165, 1.54) is 35.6 Å². The number of methoxy groups -OCH3 is 1. The molecule has 4 rings (SSSR count). The highest BCUT2D eigenvalue weighted by molar-refractivity contribution is 7.91. The number of carbonyl (C=O) groups is 1. The summed E-state index contributed by atoms with van der Waals surface area (Å²) in [4.78, 5) is 13.6. The molecule has 1 aromatic heterocycles. The first-order valence-electron chi connectivity index (χ1n) is 9.97. The van der Waals surface area contributed by atoms with Crippen molar-refractivity contribution in [3.8, 4) is 11.5 Å². The highest BCUT2D eigenvalue weighted by Gasteiger charge is 2.34. The minimum absolute atomic E-state index is 0.0141. The van der Waals surface area contributed by atoms with Gasteiger partial charge in [0.15, 0.2) is 11.5 Å². The van der Waals surface area contributed by atoms with E-state index < -0.39 is 9.84 Å². The summed E-state index contributed by atoms with van der Waals surface area (Å²) in [6.45, 7) is 3.86. The summed E-state index contributed by atoms with van der Waals surface area (Å²) in [7, 11) is -2.26. The Balaban J connectivity index is 1.77. The van der Waals surface area contributed by atoms with Gasteiger partial charge in [-0.3, -0.25) is 4.79 Å². The lowest BCUT2D eigenvalue weighted by atomic mass is 9.90. The number of anilines is 1. The summed E-state index contributed by atoms with van der Waals surface area (Å²) < 4.78 is 37.8. The van der Waals surface area contributed by atoms with Gasteiger partial charge in [-0.05, 0) is 55.8 Å². The van der Waals surface area contributed by atoms with Crippen molar-refractivity contribution < 1.29 is 22.7 Å². The molecule has 1 aliphatic heterocycles. The van der Waals surface area contributed by atoms with Crippen molar-refractivity contribution >= 4 is 44.4 Å². The van der Waals surface area contributed by atoms with E-state index >= 15 is 0 Å². The Morgan fingerprint density at radius 3 is 2.50 bits per heavy atom. The maximum atomic E-state index is 13.3. The number of carbonyl (C=O) groups excluding carboxylic acids is 1. The fraction of sp³-hybridized carbons (Fsp3) is 0.261. The molecule has 2 heterocycles. The third kappa shape index (κ3) is 4.22. The summed E-state index contributed by atoms with van der Waals surface area (Å²) >= 11 is 7.22. The van der Waals surface area contributed by atoms with Crippen LogP contribution < -0.4 is 14.8 Å². The fourth-order valence-electron chi connectivity index (χ4n) is 3.66. The summed E-state index contributed by atoms with van der Waals surface area (Å²) in [6.07, 6.45) is 0.196. The van der Waals surface area contributed by atoms with Gasteiger partial charge in [-0.1, -0.05) is 17.7 Å². The molecule has 32 heavy (non-hydrogen) atoms. The van der Waals surface area contributed by atoms with Crippen molar-refractivity contribution in [2.45, 2.75) is 42.1 Å². The van der Waals surface area contributed by atoms with Gasteiger partial charge in [-0.15, -0.1) is 11.3 Å². The molecular formula is C23H22ClNO5S2. The number of thiophene rings is 1. The van der Waals surface area contributed by atoms with Gasteiger partial charge < -0.3 is 14.8 Å². The molecule has 3 aromatic rings. The lowest BCUT2D eigenvalue weighted by molar-refractivity contribution is -0.116. The maximum absolute atomic E-state index is 13.3. The van der Waals surface area contributed by atoms with Crippen molar-refractivity contribution in [3.63, 3.8) is 0 Å². The summed E-state index contributed by atoms with van der Waals surface area (Å²) in [6, 6.07) is 11.5. The molecule has 1 N–H and O–H groups in total. The lowest BCUT2D eigenvalue weighted by Crippen LogP contribution is -2.23. The van der Waals surface area contributed by atoms with Crippen LogP contribution in [0, 0.1) is 0 Å². The van der Waals surface area contributed by atoms with E-state index in [4.69, 9.17) is 21.1 Å². The van der Waals surface area contributed by atoms with Gasteiger partial charge in [0.1, 0.15) is 4.90 Å². The standard InChI is InChI=1S/C23H22ClNO5S2/c1-13(2)30-18-9-4-14(10-19(18)29-3)17-11-21(26)25-22-20(12-31-23(17)22)32(27,28)16-7-5-15(24)6-8-16/h4-10,12-13,17H,11H2,1-3H3,(H,25,26). The van der Waals surface area contributed by atoms with E-state index in [-0.39, 0.29) is 34.1 Å². The highest BCUT2D eigenvalue weighted by Crippen LogP contribution is 2.47. The van der Waals surface area contributed by atoms with E-state index in [1.807, 2.05) is 32.0 Å². The van der Waals surface area contributed by atoms with Crippen LogP contribution in [-0.2, 0) is 14.6 Å². The molecule has 1 aliphatic rings. The Hall–Kier alpha value is -2.55. The van der Waals surface area contributed by atoms with Gasteiger partial charge in [-0.25, -0.2) is 8.42 Å². The summed E-state index contributed by atoms with van der Waals surface area (Å²) in [5.41, 5.74) is 1.19. The molecule has 9 heteroatoms. The highest BCUT2D eigenvalue weighted by atomic mass is 35.5. The molecule has 1 unspecified atom stereocenters. The average Bonchev–Trinajstić information content (AvgIpc) is 3.18. The number of nitrogens with one attached hydrogen (secondary N) is 1. The summed E-state index contributed by atoms with van der Waals surface area (Å²) in [5.74, 6) is 0.646. The second-order valence-corrected chi connectivity index (χ2v) is 10.9. The topological polar surface area (TPSA) is 81.7 Å². The Kier molecular flexibility index (Phi) is 6.20. The fourth-order valence-corrected chi connectivity index (χ4v) is 6.70. The number of amides is 1. The third-order valence-electron chi connectivity index (χ3n) is 5.12. The van der Waals surface area contributed by atoms with Crippen LogP contribution in [0.1, 0.15) is 36.6 Å². The smallest absolute Gasteiger partial charge is 0.225 e. The first-order chi connectivity index (χ1) is 15.2. The average molecular weight is 492 g/mol. The van der Waals surface area contributed by atoms with Crippen LogP contribution in [0.15, 0.2) is 57.6 Å². The number of rotatable bonds is 6.